The number of carbonyl (C=O) groups excluding carboxylic acids is 1. The van der Waals surface area contributed by atoms with Crippen molar-refractivity contribution in [3.63, 3.8) is 0 Å². The highest BCUT2D eigenvalue weighted by atomic mass is 19.4. The average molecular weight is 267 g/mol. The van der Waals surface area contributed by atoms with E-state index in [1.807, 2.05) is 0 Å². The molecule has 3 fully saturated rings. The van der Waals surface area contributed by atoms with Gasteiger partial charge in [-0.2, -0.15) is 13.2 Å². The standard InChI is InChI=1S/C10H12F3NO4/c1-18-7(17)14-5(6(15)16)8-2-9(3-8,4-8)10(11,12)13/h5H,2-4H2,1H3,(H,14,17)(H,15,16). The zero-order chi connectivity index (χ0) is 13.8. The summed E-state index contributed by atoms with van der Waals surface area (Å²) in [4.78, 5) is 22.0. The molecule has 5 nitrogen and oxygen atoms in total. The number of aliphatic carboxylic acids is 1. The highest BCUT2D eigenvalue weighted by Gasteiger charge is 2.81. The molecule has 0 spiro atoms. The fraction of sp³-hybridized carbons (Fsp3) is 0.800. The molecule has 2 N–H and O–H groups in total. The van der Waals surface area contributed by atoms with E-state index in [-0.39, 0.29) is 19.3 Å². The molecule has 18 heavy (non-hydrogen) atoms. The Kier molecular flexibility index (Phi) is 2.54. The number of alkyl carbamates (subject to hydrolysis) is 1. The molecular weight excluding hydrogens is 255 g/mol. The number of carbonyl (C=O) groups is 2. The van der Waals surface area contributed by atoms with E-state index in [0.717, 1.165) is 7.11 Å². The van der Waals surface area contributed by atoms with Gasteiger partial charge in [0.2, 0.25) is 0 Å². The molecule has 3 rings (SSSR count). The van der Waals surface area contributed by atoms with E-state index in [2.05, 4.69) is 10.1 Å². The number of halogens is 3. The number of amides is 1. The van der Waals surface area contributed by atoms with E-state index >= 15 is 0 Å². The Morgan fingerprint density at radius 2 is 1.83 bits per heavy atom. The van der Waals surface area contributed by atoms with E-state index in [1.54, 1.807) is 0 Å². The van der Waals surface area contributed by atoms with Crippen molar-refractivity contribution in [1.82, 2.24) is 5.32 Å². The summed E-state index contributed by atoms with van der Waals surface area (Å²) in [5.74, 6) is -1.34. The van der Waals surface area contributed by atoms with E-state index in [1.165, 1.54) is 0 Å². The second kappa shape index (κ2) is 3.52. The normalized spacial score (nSPS) is 34.9. The summed E-state index contributed by atoms with van der Waals surface area (Å²) in [5, 5.41) is 11.1. The maximum atomic E-state index is 12.6. The van der Waals surface area contributed by atoms with Crippen LogP contribution in [-0.2, 0) is 9.53 Å². The molecule has 1 unspecified atom stereocenters. The van der Waals surface area contributed by atoms with Crippen molar-refractivity contribution >= 4 is 12.1 Å². The van der Waals surface area contributed by atoms with Crippen molar-refractivity contribution in [2.24, 2.45) is 10.8 Å². The third-order valence-electron chi connectivity index (χ3n) is 3.98. The molecule has 0 aromatic carbocycles. The zero-order valence-electron chi connectivity index (χ0n) is 9.50. The largest absolute Gasteiger partial charge is 0.480 e. The van der Waals surface area contributed by atoms with Crippen LogP contribution >= 0.6 is 0 Å². The first-order valence-corrected chi connectivity index (χ1v) is 5.30. The van der Waals surface area contributed by atoms with Crippen molar-refractivity contribution in [3.05, 3.63) is 0 Å². The molecule has 3 aliphatic carbocycles. The zero-order valence-corrected chi connectivity index (χ0v) is 9.50. The number of rotatable bonds is 3. The molecule has 0 aliphatic heterocycles. The predicted molar refractivity (Wildman–Crippen MR) is 51.7 cm³/mol. The summed E-state index contributed by atoms with van der Waals surface area (Å²) in [6.45, 7) is 0. The van der Waals surface area contributed by atoms with E-state index in [0.29, 0.717) is 0 Å². The van der Waals surface area contributed by atoms with Crippen LogP contribution in [0, 0.1) is 10.8 Å². The van der Waals surface area contributed by atoms with Crippen molar-refractivity contribution in [2.75, 3.05) is 7.11 Å². The van der Waals surface area contributed by atoms with Gasteiger partial charge >= 0.3 is 18.2 Å². The monoisotopic (exact) mass is 267 g/mol. The lowest BCUT2D eigenvalue weighted by Gasteiger charge is -2.71. The minimum atomic E-state index is -4.30. The molecule has 8 heteroatoms. The summed E-state index contributed by atoms with van der Waals surface area (Å²) in [7, 11) is 1.06. The Labute approximate surface area is 100 Å². The van der Waals surface area contributed by atoms with Gasteiger partial charge in [0.1, 0.15) is 6.04 Å². The predicted octanol–water partition coefficient (Wildman–Crippen LogP) is 1.53. The maximum Gasteiger partial charge on any atom is 0.407 e. The number of ether oxygens (including phenoxy) is 1. The summed E-state index contributed by atoms with van der Waals surface area (Å²) < 4.78 is 42.1. The van der Waals surface area contributed by atoms with E-state index in [4.69, 9.17) is 5.11 Å². The highest BCUT2D eigenvalue weighted by Crippen LogP contribution is 2.79. The first kappa shape index (κ1) is 13.0. The minimum Gasteiger partial charge on any atom is -0.480 e. The van der Waals surface area contributed by atoms with Crippen molar-refractivity contribution in [3.8, 4) is 0 Å². The fourth-order valence-electron chi connectivity index (χ4n) is 3.13. The lowest BCUT2D eigenvalue weighted by atomic mass is 9.33. The van der Waals surface area contributed by atoms with Gasteiger partial charge in [-0.05, 0) is 19.3 Å². The number of carboxylic acid groups (broad SMARTS) is 1. The molecule has 0 aromatic rings. The fourth-order valence-corrected chi connectivity index (χ4v) is 3.13. The first-order chi connectivity index (χ1) is 8.16. The van der Waals surface area contributed by atoms with Crippen LogP contribution in [0.25, 0.3) is 0 Å². The molecule has 102 valence electrons. The topological polar surface area (TPSA) is 75.6 Å². The molecular formula is C10H12F3NO4. The number of alkyl halides is 3. The third kappa shape index (κ3) is 1.54. The summed E-state index contributed by atoms with van der Waals surface area (Å²) in [6.07, 6.45) is -5.99. The quantitative estimate of drug-likeness (QED) is 0.813. The van der Waals surface area contributed by atoms with E-state index in [9.17, 15) is 22.8 Å². The van der Waals surface area contributed by atoms with Gasteiger partial charge in [-0.15, -0.1) is 0 Å². The third-order valence-corrected chi connectivity index (χ3v) is 3.98. The Balaban J connectivity index is 2.05. The highest BCUT2D eigenvalue weighted by molar-refractivity contribution is 5.81. The van der Waals surface area contributed by atoms with Gasteiger partial charge < -0.3 is 15.2 Å². The van der Waals surface area contributed by atoms with Crippen LogP contribution < -0.4 is 5.32 Å². The minimum absolute atomic E-state index is 0.246. The molecule has 3 saturated carbocycles. The molecule has 1 amide bonds. The van der Waals surface area contributed by atoms with Gasteiger partial charge in [-0.25, -0.2) is 9.59 Å². The van der Waals surface area contributed by atoms with Crippen molar-refractivity contribution < 1.29 is 32.6 Å². The Hall–Kier alpha value is -1.47. The number of hydrogen-bond donors (Lipinski definition) is 2. The summed E-state index contributed by atoms with van der Waals surface area (Å²) >= 11 is 0. The van der Waals surface area contributed by atoms with Crippen molar-refractivity contribution in [2.45, 2.75) is 31.5 Å². The SMILES string of the molecule is COC(=O)NC(C(=O)O)C12CC(C(F)(F)F)(C1)C2. The second-order valence-corrected chi connectivity index (χ2v) is 5.08. The van der Waals surface area contributed by atoms with Crippen LogP contribution in [0.4, 0.5) is 18.0 Å². The lowest BCUT2D eigenvalue weighted by Crippen LogP contribution is -2.75. The number of nitrogens with one attached hydrogen (secondary N) is 1. The van der Waals surface area contributed by atoms with E-state index < -0.39 is 35.1 Å². The molecule has 0 saturated heterocycles. The Morgan fingerprint density at radius 3 is 2.17 bits per heavy atom. The average Bonchev–Trinajstić information content (AvgIpc) is 2.09. The van der Waals surface area contributed by atoms with Gasteiger partial charge in [0, 0.05) is 5.41 Å². The molecule has 2 bridgehead atoms. The van der Waals surface area contributed by atoms with Crippen LogP contribution in [-0.4, -0.2) is 36.5 Å². The number of hydrogen-bond acceptors (Lipinski definition) is 3. The smallest absolute Gasteiger partial charge is 0.407 e. The van der Waals surface area contributed by atoms with Crippen LogP contribution in [0.1, 0.15) is 19.3 Å². The van der Waals surface area contributed by atoms with Gasteiger partial charge in [0.15, 0.2) is 0 Å². The second-order valence-electron chi connectivity index (χ2n) is 5.08. The Bertz CT molecular complexity index is 387. The summed E-state index contributed by atoms with van der Waals surface area (Å²) in [6, 6.07) is -1.32. The van der Waals surface area contributed by atoms with Crippen LogP contribution in [0.3, 0.4) is 0 Å². The van der Waals surface area contributed by atoms with Gasteiger partial charge in [0.25, 0.3) is 0 Å². The number of carboxylic acids is 1. The lowest BCUT2D eigenvalue weighted by molar-refractivity contribution is -0.367. The van der Waals surface area contributed by atoms with Gasteiger partial charge in [-0.1, -0.05) is 0 Å². The maximum absolute atomic E-state index is 12.6. The summed E-state index contributed by atoms with van der Waals surface area (Å²) in [5.41, 5.74) is -2.71. The molecule has 0 radical (unpaired) electrons. The Morgan fingerprint density at radius 1 is 1.33 bits per heavy atom. The van der Waals surface area contributed by atoms with Crippen LogP contribution in [0.5, 0.6) is 0 Å². The van der Waals surface area contributed by atoms with Gasteiger partial charge in [-0.3, -0.25) is 0 Å². The van der Waals surface area contributed by atoms with Gasteiger partial charge in [0.05, 0.1) is 12.5 Å². The molecule has 1 atom stereocenters. The molecule has 3 aliphatic rings. The van der Waals surface area contributed by atoms with Crippen molar-refractivity contribution in [1.29, 1.82) is 0 Å². The molecule has 0 aromatic heterocycles. The molecule has 0 heterocycles. The van der Waals surface area contributed by atoms with Crippen LogP contribution in [0.2, 0.25) is 0 Å². The first-order valence-electron chi connectivity index (χ1n) is 5.30. The van der Waals surface area contributed by atoms with Crippen LogP contribution in [0.15, 0.2) is 0 Å². The number of methoxy groups -OCH3 is 1.